The molecule has 0 spiro atoms. The van der Waals surface area contributed by atoms with Crippen molar-refractivity contribution in [2.45, 2.75) is 26.2 Å². The first-order chi connectivity index (χ1) is 11.4. The van der Waals surface area contributed by atoms with E-state index >= 15 is 0 Å². The van der Waals surface area contributed by atoms with E-state index in [1.807, 2.05) is 6.92 Å². The average Bonchev–Trinajstić information content (AvgIpc) is 2.61. The number of hydrogen-bond donors (Lipinski definition) is 0. The van der Waals surface area contributed by atoms with E-state index in [0.29, 0.717) is 17.9 Å². The lowest BCUT2D eigenvalue weighted by molar-refractivity contribution is 0.144. The van der Waals surface area contributed by atoms with Gasteiger partial charge in [-0.05, 0) is 18.6 Å². The van der Waals surface area contributed by atoms with E-state index in [-0.39, 0.29) is 17.3 Å². The first-order valence-corrected chi connectivity index (χ1v) is 6.77. The molecule has 24 heavy (non-hydrogen) atoms. The second-order valence-corrected chi connectivity index (χ2v) is 4.26. The Morgan fingerprint density at radius 3 is 1.92 bits per heavy atom. The van der Waals surface area contributed by atoms with Crippen molar-refractivity contribution >= 4 is 0 Å². The molecule has 0 N–H and O–H groups in total. The number of alkyl halides is 4. The summed E-state index contributed by atoms with van der Waals surface area (Å²) in [5.74, 6) is 0.543. The summed E-state index contributed by atoms with van der Waals surface area (Å²) in [6, 6.07) is 3.83. The summed E-state index contributed by atoms with van der Waals surface area (Å²) >= 11 is 0. The fourth-order valence-corrected chi connectivity index (χ4v) is 1.52. The number of nitrogens with zero attached hydrogens (tertiary/aromatic N) is 4. The zero-order valence-corrected chi connectivity index (χ0v) is 13.2. The number of methoxy groups -OCH3 is 2. The molecule has 2 heterocycles. The Morgan fingerprint density at radius 2 is 1.50 bits per heavy atom. The van der Waals surface area contributed by atoms with Gasteiger partial charge in [0.25, 0.3) is 12.9 Å². The van der Waals surface area contributed by atoms with E-state index in [4.69, 9.17) is 4.74 Å². The van der Waals surface area contributed by atoms with Crippen molar-refractivity contribution in [2.24, 2.45) is 0 Å². The van der Waals surface area contributed by atoms with Crippen LogP contribution >= 0.6 is 0 Å². The Kier molecular flexibility index (Phi) is 7.80. The normalized spacial score (nSPS) is 10.4. The van der Waals surface area contributed by atoms with Crippen LogP contribution in [0.1, 0.15) is 36.7 Å². The van der Waals surface area contributed by atoms with Crippen molar-refractivity contribution in [1.82, 2.24) is 20.4 Å². The topological polar surface area (TPSA) is 70.0 Å². The predicted molar refractivity (Wildman–Crippen MR) is 76.5 cm³/mol. The fraction of sp³-hybridized carbons (Fsp3) is 0.429. The number of aromatic nitrogens is 4. The van der Waals surface area contributed by atoms with Gasteiger partial charge in [-0.1, -0.05) is 6.92 Å². The first kappa shape index (κ1) is 19.5. The average molecular weight is 348 g/mol. The number of halogens is 4. The van der Waals surface area contributed by atoms with Gasteiger partial charge in [-0.3, -0.25) is 0 Å². The molecular formula is C14H16F4N4O2. The highest BCUT2D eigenvalue weighted by Gasteiger charge is 2.13. The van der Waals surface area contributed by atoms with Crippen LogP contribution in [0.4, 0.5) is 17.6 Å². The molecule has 0 saturated carbocycles. The second-order valence-electron chi connectivity index (χ2n) is 4.26. The Morgan fingerprint density at radius 1 is 0.875 bits per heavy atom. The maximum absolute atomic E-state index is 12.2. The number of hydrogen-bond acceptors (Lipinski definition) is 6. The van der Waals surface area contributed by atoms with Crippen molar-refractivity contribution in [3.05, 3.63) is 35.2 Å². The molecule has 0 aliphatic rings. The largest absolute Gasteiger partial charge is 0.480 e. The van der Waals surface area contributed by atoms with Gasteiger partial charge in [0.15, 0.2) is 0 Å². The number of aryl methyl sites for hydroxylation is 1. The lowest BCUT2D eigenvalue weighted by atomic mass is 10.2. The van der Waals surface area contributed by atoms with Crippen LogP contribution < -0.4 is 9.47 Å². The molecule has 0 amide bonds. The molecule has 2 aromatic rings. The molecule has 0 fully saturated rings. The predicted octanol–water partition coefficient (Wildman–Crippen LogP) is 3.41. The Labute approximate surface area is 135 Å². The number of rotatable bonds is 5. The molecule has 0 aliphatic heterocycles. The van der Waals surface area contributed by atoms with Crippen LogP contribution in [0.2, 0.25) is 0 Å². The second kappa shape index (κ2) is 9.58. The third-order valence-electron chi connectivity index (χ3n) is 2.74. The van der Waals surface area contributed by atoms with Crippen LogP contribution in [-0.2, 0) is 6.42 Å². The highest BCUT2D eigenvalue weighted by atomic mass is 19.3. The van der Waals surface area contributed by atoms with Crippen LogP contribution in [0, 0.1) is 0 Å². The molecular weight excluding hydrogens is 332 g/mol. The maximum atomic E-state index is 12.2. The van der Waals surface area contributed by atoms with Crippen LogP contribution in [-0.4, -0.2) is 34.6 Å². The molecule has 2 rings (SSSR count). The van der Waals surface area contributed by atoms with E-state index in [2.05, 4.69) is 25.1 Å². The molecule has 132 valence electrons. The third-order valence-corrected chi connectivity index (χ3v) is 2.74. The molecule has 0 unspecified atom stereocenters. The smallest absolute Gasteiger partial charge is 0.282 e. The van der Waals surface area contributed by atoms with Gasteiger partial charge in [0, 0.05) is 11.6 Å². The van der Waals surface area contributed by atoms with E-state index < -0.39 is 12.9 Å². The fourth-order valence-electron chi connectivity index (χ4n) is 1.52. The summed E-state index contributed by atoms with van der Waals surface area (Å²) in [6.45, 7) is 1.84. The minimum atomic E-state index is -2.58. The van der Waals surface area contributed by atoms with Gasteiger partial charge < -0.3 is 9.47 Å². The molecule has 0 saturated heterocycles. The van der Waals surface area contributed by atoms with Gasteiger partial charge in [-0.2, -0.15) is 0 Å². The van der Waals surface area contributed by atoms with Crippen LogP contribution in [0.15, 0.2) is 18.2 Å². The van der Waals surface area contributed by atoms with Gasteiger partial charge in [0.05, 0.1) is 14.2 Å². The quantitative estimate of drug-likeness (QED) is 0.771. The monoisotopic (exact) mass is 348 g/mol. The minimum Gasteiger partial charge on any atom is -0.480 e. The Balaban J connectivity index is 0.000000243. The summed E-state index contributed by atoms with van der Waals surface area (Å²) in [4.78, 5) is 0. The number of ether oxygens (including phenoxy) is 2. The van der Waals surface area contributed by atoms with Gasteiger partial charge >= 0.3 is 0 Å². The van der Waals surface area contributed by atoms with E-state index in [1.54, 1.807) is 0 Å². The van der Waals surface area contributed by atoms with Crippen molar-refractivity contribution in [1.29, 1.82) is 0 Å². The van der Waals surface area contributed by atoms with Crippen molar-refractivity contribution in [3.8, 4) is 11.8 Å². The van der Waals surface area contributed by atoms with E-state index in [9.17, 15) is 17.6 Å². The Hall–Kier alpha value is -2.52. The lowest BCUT2D eigenvalue weighted by Crippen LogP contribution is -2.00. The minimum absolute atomic E-state index is 0.231. The van der Waals surface area contributed by atoms with Gasteiger partial charge in [0.1, 0.15) is 11.4 Å². The SMILES string of the molecule is CCc1cc(C(F)F)nnc1OC.COc1ccc(C(F)F)nn1. The molecule has 0 radical (unpaired) electrons. The highest BCUT2D eigenvalue weighted by Crippen LogP contribution is 2.21. The van der Waals surface area contributed by atoms with Gasteiger partial charge in [0.2, 0.25) is 11.8 Å². The molecule has 0 aliphatic carbocycles. The van der Waals surface area contributed by atoms with Crippen LogP contribution in [0.5, 0.6) is 11.8 Å². The van der Waals surface area contributed by atoms with Crippen molar-refractivity contribution < 1.29 is 27.0 Å². The summed E-state index contributed by atoms with van der Waals surface area (Å²) in [6.07, 6.45) is -4.56. The standard InChI is InChI=1S/C8H10F2N2O.C6H6F2N2O/c1-3-5-4-6(7(9)10)11-12-8(5)13-2;1-11-5-3-2-4(6(7)8)9-10-5/h4,7H,3H2,1-2H3;2-3,6H,1H3. The third kappa shape index (κ3) is 5.60. The zero-order valence-electron chi connectivity index (χ0n) is 13.2. The Bertz CT molecular complexity index is 627. The first-order valence-electron chi connectivity index (χ1n) is 6.77. The summed E-state index contributed by atoms with van der Waals surface area (Å²) in [5.41, 5.74) is -0.00347. The summed E-state index contributed by atoms with van der Waals surface area (Å²) in [7, 11) is 2.83. The molecule has 0 bridgehead atoms. The van der Waals surface area contributed by atoms with Crippen molar-refractivity contribution in [3.63, 3.8) is 0 Å². The summed E-state index contributed by atoms with van der Waals surface area (Å²) in [5, 5.41) is 13.5. The molecule has 10 heteroatoms. The summed E-state index contributed by atoms with van der Waals surface area (Å²) < 4.78 is 57.6. The van der Waals surface area contributed by atoms with Gasteiger partial charge in [-0.15, -0.1) is 20.4 Å². The molecule has 0 aromatic carbocycles. The maximum Gasteiger partial charge on any atom is 0.282 e. The highest BCUT2D eigenvalue weighted by molar-refractivity contribution is 5.26. The van der Waals surface area contributed by atoms with E-state index in [0.717, 1.165) is 0 Å². The van der Waals surface area contributed by atoms with Gasteiger partial charge in [-0.25, -0.2) is 17.6 Å². The molecule has 6 nitrogen and oxygen atoms in total. The van der Waals surface area contributed by atoms with Crippen LogP contribution in [0.25, 0.3) is 0 Å². The zero-order chi connectivity index (χ0) is 18.1. The molecule has 0 atom stereocenters. The lowest BCUT2D eigenvalue weighted by Gasteiger charge is -2.05. The molecule has 2 aromatic heterocycles. The van der Waals surface area contributed by atoms with E-state index in [1.165, 1.54) is 32.4 Å². The van der Waals surface area contributed by atoms with Crippen LogP contribution in [0.3, 0.4) is 0 Å². The van der Waals surface area contributed by atoms with Crippen molar-refractivity contribution in [2.75, 3.05) is 14.2 Å².